The van der Waals surface area contributed by atoms with E-state index in [0.717, 1.165) is 4.90 Å². The number of benzene rings is 2. The van der Waals surface area contributed by atoms with Crippen molar-refractivity contribution >= 4 is 28.9 Å². The minimum absolute atomic E-state index is 0.213. The van der Waals surface area contributed by atoms with Gasteiger partial charge in [-0.05, 0) is 43.3 Å². The minimum Gasteiger partial charge on any atom is -0.435 e. The van der Waals surface area contributed by atoms with E-state index in [9.17, 15) is 14.4 Å². The fourth-order valence-electron chi connectivity index (χ4n) is 3.43. The average molecular weight is 413 g/mol. The van der Waals surface area contributed by atoms with Crippen LogP contribution in [0, 0.1) is 0 Å². The van der Waals surface area contributed by atoms with E-state index in [-0.39, 0.29) is 16.9 Å². The normalized spacial score (nSPS) is 14.0. The van der Waals surface area contributed by atoms with Gasteiger partial charge in [0.15, 0.2) is 5.58 Å². The van der Waals surface area contributed by atoms with E-state index in [2.05, 4.69) is 9.97 Å². The van der Waals surface area contributed by atoms with Crippen LogP contribution in [0.25, 0.3) is 22.7 Å². The van der Waals surface area contributed by atoms with Crippen molar-refractivity contribution in [2.45, 2.75) is 13.0 Å². The second-order valence-corrected chi connectivity index (χ2v) is 6.99. The topological polar surface area (TPSA) is 103 Å². The van der Waals surface area contributed by atoms with Crippen LogP contribution in [0.15, 0.2) is 71.3 Å². The summed E-state index contributed by atoms with van der Waals surface area (Å²) < 4.78 is 11.1. The van der Waals surface area contributed by atoms with Gasteiger partial charge in [-0.2, -0.15) is 0 Å². The lowest BCUT2D eigenvalue weighted by Crippen LogP contribution is -2.44. The smallest absolute Gasteiger partial charge is 0.334 e. The third-order valence-electron chi connectivity index (χ3n) is 5.02. The highest BCUT2D eigenvalue weighted by Crippen LogP contribution is 2.28. The van der Waals surface area contributed by atoms with Crippen LogP contribution in [-0.4, -0.2) is 38.7 Å². The predicted molar refractivity (Wildman–Crippen MR) is 109 cm³/mol. The summed E-state index contributed by atoms with van der Waals surface area (Å²) in [5, 5.41) is 0. The Kier molecular flexibility index (Phi) is 4.32. The Bertz CT molecular complexity index is 1310. The number of carbonyl (C=O) groups is 3. The van der Waals surface area contributed by atoms with Crippen LogP contribution in [0.4, 0.5) is 0 Å². The molecule has 1 aliphatic heterocycles. The fraction of sp³-hybridized carbons (Fsp3) is 0.0870. The number of imide groups is 1. The van der Waals surface area contributed by atoms with E-state index in [1.54, 1.807) is 54.7 Å². The van der Waals surface area contributed by atoms with E-state index in [1.807, 2.05) is 6.07 Å². The van der Waals surface area contributed by atoms with E-state index in [0.29, 0.717) is 22.7 Å². The van der Waals surface area contributed by atoms with Crippen LogP contribution in [0.5, 0.6) is 5.75 Å². The first-order chi connectivity index (χ1) is 15.0. The van der Waals surface area contributed by atoms with Gasteiger partial charge in [-0.25, -0.2) is 9.78 Å². The van der Waals surface area contributed by atoms with Crippen molar-refractivity contribution in [3.63, 3.8) is 0 Å². The molecule has 0 aliphatic carbocycles. The molecular formula is C23H15N3O5. The quantitative estimate of drug-likeness (QED) is 0.287. The Morgan fingerprint density at radius 1 is 1.00 bits per heavy atom. The number of nitrogens with zero attached hydrogens (tertiary/aromatic N) is 3. The molecule has 1 atom stereocenters. The van der Waals surface area contributed by atoms with Crippen LogP contribution in [-0.2, 0) is 4.79 Å². The van der Waals surface area contributed by atoms with Gasteiger partial charge < -0.3 is 9.15 Å². The second kappa shape index (κ2) is 7.17. The molecule has 8 heteroatoms. The van der Waals surface area contributed by atoms with Gasteiger partial charge in [0.1, 0.15) is 23.0 Å². The van der Waals surface area contributed by atoms with Gasteiger partial charge >= 0.3 is 5.97 Å². The number of oxazole rings is 1. The zero-order valence-corrected chi connectivity index (χ0v) is 16.3. The highest BCUT2D eigenvalue weighted by molar-refractivity contribution is 6.22. The molecular weight excluding hydrogens is 398 g/mol. The number of hydrogen-bond acceptors (Lipinski definition) is 7. The summed E-state index contributed by atoms with van der Waals surface area (Å²) in [5.74, 6) is -1.21. The van der Waals surface area contributed by atoms with Gasteiger partial charge in [0.25, 0.3) is 11.8 Å². The van der Waals surface area contributed by atoms with E-state index in [1.165, 1.54) is 13.0 Å². The maximum atomic E-state index is 12.7. The largest absolute Gasteiger partial charge is 0.435 e. The van der Waals surface area contributed by atoms with Crippen molar-refractivity contribution in [3.8, 4) is 17.3 Å². The van der Waals surface area contributed by atoms with Crippen molar-refractivity contribution < 1.29 is 23.5 Å². The Labute approximate surface area is 176 Å². The molecule has 0 saturated heterocycles. The van der Waals surface area contributed by atoms with Crippen molar-refractivity contribution in [3.05, 3.63) is 78.0 Å². The van der Waals surface area contributed by atoms with Crippen molar-refractivity contribution in [2.24, 2.45) is 0 Å². The number of aromatic nitrogens is 2. The number of esters is 1. The van der Waals surface area contributed by atoms with Crippen LogP contribution in [0.2, 0.25) is 0 Å². The lowest BCUT2D eigenvalue weighted by molar-refractivity contribution is -0.138. The zero-order valence-electron chi connectivity index (χ0n) is 16.3. The molecule has 0 fully saturated rings. The molecule has 4 aromatic rings. The maximum absolute atomic E-state index is 12.7. The summed E-state index contributed by atoms with van der Waals surface area (Å²) in [5.41, 5.74) is 2.12. The molecule has 2 aromatic heterocycles. The SMILES string of the molecule is CC(C(=O)Oc1ccc2nc(-c3ccccn3)oc2c1)N1C(=O)c2ccccc2C1=O. The molecule has 1 aliphatic rings. The molecule has 0 radical (unpaired) electrons. The molecule has 5 rings (SSSR count). The Hall–Kier alpha value is -4.33. The molecule has 152 valence electrons. The molecule has 2 aromatic carbocycles. The van der Waals surface area contributed by atoms with Gasteiger partial charge in [0.2, 0.25) is 5.89 Å². The minimum atomic E-state index is -1.10. The van der Waals surface area contributed by atoms with Gasteiger partial charge in [0.05, 0.1) is 11.1 Å². The summed E-state index contributed by atoms with van der Waals surface area (Å²) >= 11 is 0. The average Bonchev–Trinajstić information content (AvgIpc) is 3.33. The monoisotopic (exact) mass is 413 g/mol. The molecule has 0 saturated carbocycles. The third kappa shape index (κ3) is 3.14. The molecule has 1 unspecified atom stereocenters. The number of hydrogen-bond donors (Lipinski definition) is 0. The second-order valence-electron chi connectivity index (χ2n) is 6.99. The number of rotatable bonds is 4. The molecule has 0 spiro atoms. The molecule has 2 amide bonds. The number of pyridine rings is 1. The first-order valence-corrected chi connectivity index (χ1v) is 9.53. The first kappa shape index (κ1) is 18.7. The molecule has 0 bridgehead atoms. The predicted octanol–water partition coefficient (Wildman–Crippen LogP) is 3.48. The van der Waals surface area contributed by atoms with Gasteiger partial charge in [-0.15, -0.1) is 0 Å². The highest BCUT2D eigenvalue weighted by atomic mass is 16.5. The lowest BCUT2D eigenvalue weighted by Gasteiger charge is -2.20. The third-order valence-corrected chi connectivity index (χ3v) is 5.02. The molecule has 0 N–H and O–H groups in total. The summed E-state index contributed by atoms with van der Waals surface area (Å²) in [6.45, 7) is 1.45. The van der Waals surface area contributed by atoms with Crippen LogP contribution >= 0.6 is 0 Å². The van der Waals surface area contributed by atoms with Gasteiger partial charge in [-0.3, -0.25) is 19.5 Å². The maximum Gasteiger partial charge on any atom is 0.334 e. The highest BCUT2D eigenvalue weighted by Gasteiger charge is 2.41. The lowest BCUT2D eigenvalue weighted by atomic mass is 10.1. The van der Waals surface area contributed by atoms with Crippen molar-refractivity contribution in [1.82, 2.24) is 14.9 Å². The van der Waals surface area contributed by atoms with E-state index >= 15 is 0 Å². The van der Waals surface area contributed by atoms with Crippen LogP contribution < -0.4 is 4.74 Å². The summed E-state index contributed by atoms with van der Waals surface area (Å²) in [4.78, 5) is 47.3. The van der Waals surface area contributed by atoms with Crippen LogP contribution in [0.1, 0.15) is 27.6 Å². The van der Waals surface area contributed by atoms with E-state index < -0.39 is 23.8 Å². The molecule has 31 heavy (non-hydrogen) atoms. The van der Waals surface area contributed by atoms with E-state index in [4.69, 9.17) is 9.15 Å². The standard InChI is InChI=1S/C23H15N3O5/c1-13(26-21(27)15-6-2-3-7-16(15)22(26)28)23(29)30-14-9-10-17-19(12-14)31-20(25-17)18-8-4-5-11-24-18/h2-13H,1H3. The molecule has 8 nitrogen and oxygen atoms in total. The Balaban J connectivity index is 1.37. The van der Waals surface area contributed by atoms with Crippen molar-refractivity contribution in [1.29, 1.82) is 0 Å². The Morgan fingerprint density at radius 2 is 1.71 bits per heavy atom. The van der Waals surface area contributed by atoms with Crippen molar-refractivity contribution in [2.75, 3.05) is 0 Å². The summed E-state index contributed by atoms with van der Waals surface area (Å²) in [6.07, 6.45) is 1.64. The Morgan fingerprint density at radius 3 is 2.39 bits per heavy atom. The first-order valence-electron chi connectivity index (χ1n) is 9.53. The number of ether oxygens (including phenoxy) is 1. The van der Waals surface area contributed by atoms with Gasteiger partial charge in [0, 0.05) is 12.3 Å². The van der Waals surface area contributed by atoms with Crippen LogP contribution in [0.3, 0.4) is 0 Å². The fourth-order valence-corrected chi connectivity index (χ4v) is 3.43. The number of carbonyl (C=O) groups excluding carboxylic acids is 3. The summed E-state index contributed by atoms with van der Waals surface area (Å²) in [6, 6.07) is 15.5. The summed E-state index contributed by atoms with van der Waals surface area (Å²) in [7, 11) is 0. The number of fused-ring (bicyclic) bond motifs is 2. The van der Waals surface area contributed by atoms with Gasteiger partial charge in [-0.1, -0.05) is 18.2 Å². The molecule has 3 heterocycles. The number of amides is 2. The zero-order chi connectivity index (χ0) is 21.5.